The zero-order chi connectivity index (χ0) is 21.6. The number of anilines is 1. The molecule has 2 aromatic carbocycles. The third-order valence-corrected chi connectivity index (χ3v) is 5.44. The molecule has 1 fully saturated rings. The third kappa shape index (κ3) is 5.04. The van der Waals surface area contributed by atoms with Crippen LogP contribution in [0.1, 0.15) is 21.6 Å². The second-order valence-corrected chi connectivity index (χ2v) is 7.65. The number of hydrogen-bond donors (Lipinski definition) is 2. The van der Waals surface area contributed by atoms with Crippen molar-refractivity contribution in [3.63, 3.8) is 0 Å². The minimum atomic E-state index is -0.643. The molecule has 4 rings (SSSR count). The van der Waals surface area contributed by atoms with Crippen LogP contribution < -0.4 is 16.5 Å². The molecule has 1 saturated heterocycles. The second kappa shape index (κ2) is 9.63. The van der Waals surface area contributed by atoms with Crippen molar-refractivity contribution in [3.05, 3.63) is 83.8 Å². The van der Waals surface area contributed by atoms with E-state index in [-0.39, 0.29) is 23.5 Å². The Labute approximate surface area is 181 Å². The molecule has 4 N–H and O–H groups in total. The van der Waals surface area contributed by atoms with E-state index in [1.807, 2.05) is 65.7 Å². The van der Waals surface area contributed by atoms with Crippen LogP contribution in [0.15, 0.2) is 67.0 Å². The Morgan fingerprint density at radius 2 is 1.65 bits per heavy atom. The van der Waals surface area contributed by atoms with E-state index < -0.39 is 5.91 Å². The molecule has 0 spiro atoms. The van der Waals surface area contributed by atoms with Crippen LogP contribution in [0, 0.1) is 5.92 Å². The summed E-state index contributed by atoms with van der Waals surface area (Å²) in [6.45, 7) is 2.86. The molecule has 1 aliphatic rings. The summed E-state index contributed by atoms with van der Waals surface area (Å²) in [5.41, 5.74) is 13.8. The van der Waals surface area contributed by atoms with Crippen molar-refractivity contribution in [2.45, 2.75) is 19.3 Å². The van der Waals surface area contributed by atoms with Crippen LogP contribution in [0.3, 0.4) is 0 Å². The molecule has 162 valence electrons. The molecule has 0 aliphatic carbocycles. The smallest absolute Gasteiger partial charge is 0.271 e. The Hall–Kier alpha value is -3.36. The summed E-state index contributed by atoms with van der Waals surface area (Å²) in [7, 11) is 0. The number of aromatic nitrogens is 2. The van der Waals surface area contributed by atoms with Gasteiger partial charge in [-0.3, -0.25) is 4.79 Å². The fourth-order valence-electron chi connectivity index (χ4n) is 3.79. The van der Waals surface area contributed by atoms with E-state index in [1.54, 1.807) is 4.68 Å². The van der Waals surface area contributed by atoms with Gasteiger partial charge in [-0.25, -0.2) is 9.66 Å². The fraction of sp³-hybridized carbons (Fsp3) is 0.304. The minimum absolute atomic E-state index is 0.0604. The van der Waals surface area contributed by atoms with Gasteiger partial charge < -0.3 is 25.9 Å². The molecule has 31 heavy (non-hydrogen) atoms. The maximum atomic E-state index is 11.5. The number of carbonyl (C=O) groups is 1. The molecule has 0 bridgehead atoms. The number of nitrogens with zero attached hydrogens (tertiary/aromatic N) is 3. The predicted molar refractivity (Wildman–Crippen MR) is 118 cm³/mol. The van der Waals surface area contributed by atoms with Gasteiger partial charge in [0.15, 0.2) is 11.5 Å². The predicted octanol–water partition coefficient (Wildman–Crippen LogP) is 1.93. The van der Waals surface area contributed by atoms with Gasteiger partial charge >= 0.3 is 0 Å². The van der Waals surface area contributed by atoms with Gasteiger partial charge in [0, 0.05) is 12.5 Å². The van der Waals surface area contributed by atoms with Crippen molar-refractivity contribution in [1.82, 2.24) is 9.66 Å². The molecule has 3 aromatic rings. The largest absolute Gasteiger partial charge is 0.382 e. The molecule has 8 heteroatoms. The molecule has 1 amide bonds. The van der Waals surface area contributed by atoms with Crippen molar-refractivity contribution in [3.8, 4) is 0 Å². The zero-order valence-corrected chi connectivity index (χ0v) is 17.3. The summed E-state index contributed by atoms with van der Waals surface area (Å²) in [5.74, 6) is -0.276. The van der Waals surface area contributed by atoms with Gasteiger partial charge in [0.25, 0.3) is 5.91 Å². The molecule has 1 aromatic heterocycles. The number of rotatable bonds is 9. The number of amides is 1. The number of carbonyl (C=O) groups excluding carboxylic acids is 1. The Balaban J connectivity index is 1.43. The summed E-state index contributed by atoms with van der Waals surface area (Å²) >= 11 is 0. The first kappa shape index (κ1) is 20.9. The average Bonchev–Trinajstić information content (AvgIpc) is 3.37. The highest BCUT2D eigenvalue weighted by Crippen LogP contribution is 2.24. The van der Waals surface area contributed by atoms with Crippen LogP contribution >= 0.6 is 0 Å². The first-order valence-corrected chi connectivity index (χ1v) is 10.3. The Bertz CT molecular complexity index is 993. The number of hydrogen-bond acceptors (Lipinski definition) is 6. The monoisotopic (exact) mass is 421 g/mol. The van der Waals surface area contributed by atoms with E-state index in [0.29, 0.717) is 32.9 Å². The lowest BCUT2D eigenvalue weighted by molar-refractivity contribution is -0.00985. The van der Waals surface area contributed by atoms with Gasteiger partial charge in [-0.2, -0.15) is 0 Å². The fourth-order valence-corrected chi connectivity index (χ4v) is 3.79. The molecule has 2 atom stereocenters. The highest BCUT2D eigenvalue weighted by molar-refractivity contribution is 5.95. The summed E-state index contributed by atoms with van der Waals surface area (Å²) in [6.07, 6.45) is 1.46. The number of ether oxygens (including phenoxy) is 2. The van der Waals surface area contributed by atoms with Crippen LogP contribution in [0.5, 0.6) is 0 Å². The van der Waals surface area contributed by atoms with E-state index in [4.69, 9.17) is 20.9 Å². The zero-order valence-electron chi connectivity index (χ0n) is 17.3. The number of benzene rings is 2. The number of primary amides is 1. The van der Waals surface area contributed by atoms with Crippen LogP contribution in [-0.4, -0.2) is 41.4 Å². The summed E-state index contributed by atoms with van der Waals surface area (Å²) in [4.78, 5) is 15.6. The quantitative estimate of drug-likeness (QED) is 0.547. The highest BCUT2D eigenvalue weighted by Gasteiger charge is 2.35. The van der Waals surface area contributed by atoms with Crippen molar-refractivity contribution < 1.29 is 14.3 Å². The van der Waals surface area contributed by atoms with E-state index >= 15 is 0 Å². The molecule has 0 radical (unpaired) electrons. The maximum absolute atomic E-state index is 11.5. The van der Waals surface area contributed by atoms with E-state index in [0.717, 1.165) is 11.1 Å². The normalized spacial score (nSPS) is 18.4. The highest BCUT2D eigenvalue weighted by atomic mass is 16.5. The van der Waals surface area contributed by atoms with Crippen molar-refractivity contribution in [1.29, 1.82) is 0 Å². The average molecular weight is 422 g/mol. The molecule has 1 aliphatic heterocycles. The molecular weight excluding hydrogens is 394 g/mol. The first-order chi connectivity index (χ1) is 15.1. The van der Waals surface area contributed by atoms with Crippen LogP contribution in [0.25, 0.3) is 0 Å². The van der Waals surface area contributed by atoms with Crippen molar-refractivity contribution in [2.24, 2.45) is 11.7 Å². The van der Waals surface area contributed by atoms with Gasteiger partial charge in [-0.1, -0.05) is 60.7 Å². The van der Waals surface area contributed by atoms with Gasteiger partial charge in [0.1, 0.15) is 6.33 Å². The molecule has 8 nitrogen and oxygen atoms in total. The van der Waals surface area contributed by atoms with Crippen molar-refractivity contribution in [2.75, 3.05) is 30.4 Å². The summed E-state index contributed by atoms with van der Waals surface area (Å²) < 4.78 is 13.9. The maximum Gasteiger partial charge on any atom is 0.271 e. The molecular formula is C23H27N5O3. The Kier molecular flexibility index (Phi) is 6.49. The third-order valence-electron chi connectivity index (χ3n) is 5.44. The number of imidazole rings is 1. The Morgan fingerprint density at radius 3 is 2.26 bits per heavy atom. The van der Waals surface area contributed by atoms with E-state index in [2.05, 4.69) is 4.98 Å². The standard InChI is InChI=1S/C23H27N5O3/c24-22-21(23(25)29)26-16-28(22)27-11-19(15-30-13-17-7-3-1-4-8-17)20(12-27)31-14-18-9-5-2-6-10-18/h1-10,16,19-20H,11-15,24H2,(H2,25,29)/t19-,20-/m1/s1. The topological polar surface area (TPSA) is 109 Å². The SMILES string of the molecule is NC(=O)c1ncn(N2C[C@H](COCc3ccccc3)[C@H](OCc3ccccc3)C2)c1N. The molecule has 2 heterocycles. The van der Waals surface area contributed by atoms with Gasteiger partial charge in [0.2, 0.25) is 0 Å². The van der Waals surface area contributed by atoms with Crippen LogP contribution in [0.2, 0.25) is 0 Å². The lowest BCUT2D eigenvalue weighted by Crippen LogP contribution is -2.34. The summed E-state index contributed by atoms with van der Waals surface area (Å²) in [5, 5.41) is 2.01. The molecule has 0 unspecified atom stereocenters. The number of nitrogens with two attached hydrogens (primary N) is 2. The van der Waals surface area contributed by atoms with E-state index in [9.17, 15) is 4.79 Å². The minimum Gasteiger partial charge on any atom is -0.382 e. The van der Waals surface area contributed by atoms with Gasteiger partial charge in [-0.05, 0) is 11.1 Å². The van der Waals surface area contributed by atoms with Crippen LogP contribution in [0.4, 0.5) is 5.82 Å². The Morgan fingerprint density at radius 1 is 1.00 bits per heavy atom. The lowest BCUT2D eigenvalue weighted by atomic mass is 10.1. The lowest BCUT2D eigenvalue weighted by Gasteiger charge is -2.20. The van der Waals surface area contributed by atoms with Gasteiger partial charge in [-0.15, -0.1) is 0 Å². The van der Waals surface area contributed by atoms with E-state index in [1.165, 1.54) is 6.33 Å². The second-order valence-electron chi connectivity index (χ2n) is 7.65. The number of nitrogen functional groups attached to an aromatic ring is 1. The van der Waals surface area contributed by atoms with Crippen LogP contribution in [-0.2, 0) is 22.7 Å². The van der Waals surface area contributed by atoms with Crippen molar-refractivity contribution >= 4 is 11.7 Å². The first-order valence-electron chi connectivity index (χ1n) is 10.3. The van der Waals surface area contributed by atoms with Gasteiger partial charge in [0.05, 0.1) is 32.5 Å². The summed E-state index contributed by atoms with van der Waals surface area (Å²) in [6, 6.07) is 20.1. The molecule has 0 saturated carbocycles.